The van der Waals surface area contributed by atoms with Crippen LogP contribution in [0.3, 0.4) is 0 Å². The van der Waals surface area contributed by atoms with Gasteiger partial charge in [0, 0.05) is 41.8 Å². The third-order valence-electron chi connectivity index (χ3n) is 6.93. The summed E-state index contributed by atoms with van der Waals surface area (Å²) < 4.78 is 34.0. The Morgan fingerprint density at radius 2 is 2.00 bits per heavy atom. The average Bonchev–Trinajstić information content (AvgIpc) is 3.51. The maximum absolute atomic E-state index is 14.6. The van der Waals surface area contributed by atoms with Crippen LogP contribution in [0.25, 0.3) is 0 Å². The first-order chi connectivity index (χ1) is 19.7. The van der Waals surface area contributed by atoms with Gasteiger partial charge in [0.05, 0.1) is 29.1 Å². The number of amidine groups is 1. The molecule has 0 bridgehead atoms. The number of aromatic nitrogens is 3. The zero-order chi connectivity index (χ0) is 29.3. The third kappa shape index (κ3) is 5.64. The Bertz CT molecular complexity index is 1560. The fourth-order valence-electron chi connectivity index (χ4n) is 4.98. The number of carboxylic acid groups (broad SMARTS) is 1. The molecule has 2 N–H and O–H groups in total. The number of halogens is 3. The van der Waals surface area contributed by atoms with Crippen LogP contribution in [0.1, 0.15) is 52.6 Å². The zero-order valence-electron chi connectivity index (χ0n) is 22.0. The Hall–Kier alpha value is -3.97. The van der Waals surface area contributed by atoms with Crippen molar-refractivity contribution in [1.29, 1.82) is 0 Å². The van der Waals surface area contributed by atoms with Crippen LogP contribution in [0.5, 0.6) is 0 Å². The molecule has 41 heavy (non-hydrogen) atoms. The van der Waals surface area contributed by atoms with Gasteiger partial charge in [-0.05, 0) is 32.8 Å². The number of benzene rings is 1. The topological polar surface area (TPSA) is 130 Å². The number of aryl methyl sites for hydroxylation is 1. The highest BCUT2D eigenvalue weighted by molar-refractivity contribution is 7.11. The van der Waals surface area contributed by atoms with Crippen molar-refractivity contribution in [2.24, 2.45) is 10.9 Å². The predicted octanol–water partition coefficient (Wildman–Crippen LogP) is 4.70. The van der Waals surface area contributed by atoms with E-state index in [0.29, 0.717) is 54.0 Å². The molecular weight excluding hydrogens is 578 g/mol. The molecule has 14 heteroatoms. The minimum atomic E-state index is -1.22. The molecule has 1 saturated heterocycles. The van der Waals surface area contributed by atoms with Crippen LogP contribution in [-0.2, 0) is 9.53 Å². The van der Waals surface area contributed by atoms with E-state index in [4.69, 9.17) is 21.3 Å². The molecule has 0 spiro atoms. The highest BCUT2D eigenvalue weighted by Gasteiger charge is 2.38. The zero-order valence-corrected chi connectivity index (χ0v) is 23.6. The number of anilines is 1. The van der Waals surface area contributed by atoms with E-state index in [-0.39, 0.29) is 29.4 Å². The molecular formula is C27H25ClF2N6O4S. The van der Waals surface area contributed by atoms with Crippen LogP contribution in [0.4, 0.5) is 14.6 Å². The van der Waals surface area contributed by atoms with Gasteiger partial charge in [0.25, 0.3) is 0 Å². The van der Waals surface area contributed by atoms with Gasteiger partial charge in [-0.2, -0.15) is 0 Å². The van der Waals surface area contributed by atoms with Gasteiger partial charge in [-0.1, -0.05) is 17.7 Å². The number of nitrogens with one attached hydrogen (secondary N) is 1. The number of esters is 1. The van der Waals surface area contributed by atoms with Gasteiger partial charge in [-0.25, -0.2) is 33.3 Å². The number of aromatic carboxylic acids is 1. The fourth-order valence-corrected chi connectivity index (χ4v) is 5.82. The lowest BCUT2D eigenvalue weighted by molar-refractivity contribution is -0.139. The summed E-state index contributed by atoms with van der Waals surface area (Å²) >= 11 is 7.60. The average molecular weight is 603 g/mol. The van der Waals surface area contributed by atoms with Crippen molar-refractivity contribution in [2.75, 3.05) is 24.6 Å². The molecule has 1 unspecified atom stereocenters. The highest BCUT2D eigenvalue weighted by atomic mass is 35.5. The SMILES string of the molecule is CCOC(=O)C1=C(C2CCN(c3cnc(C(=O)O)c(C)n3)CC2)NC(c2nccs2)=NC1c1ccc(F)c(F)c1Cl. The molecule has 1 atom stereocenters. The van der Waals surface area contributed by atoms with Crippen molar-refractivity contribution in [2.45, 2.75) is 32.7 Å². The number of thiazole rings is 1. The first-order valence-electron chi connectivity index (χ1n) is 12.8. The molecule has 0 aliphatic carbocycles. The first-order valence-corrected chi connectivity index (χ1v) is 14.1. The van der Waals surface area contributed by atoms with E-state index in [9.17, 15) is 23.5 Å². The van der Waals surface area contributed by atoms with Crippen molar-refractivity contribution in [3.63, 3.8) is 0 Å². The molecule has 2 aliphatic heterocycles. The smallest absolute Gasteiger partial charge is 0.356 e. The van der Waals surface area contributed by atoms with Crippen molar-refractivity contribution >= 4 is 46.5 Å². The maximum Gasteiger partial charge on any atom is 0.356 e. The molecule has 0 radical (unpaired) electrons. The summed E-state index contributed by atoms with van der Waals surface area (Å²) in [6.07, 6.45) is 4.21. The Morgan fingerprint density at radius 1 is 1.24 bits per heavy atom. The third-order valence-corrected chi connectivity index (χ3v) is 8.09. The van der Waals surface area contributed by atoms with Gasteiger partial charge in [0.1, 0.15) is 11.9 Å². The quantitative estimate of drug-likeness (QED) is 0.292. The molecule has 0 saturated carbocycles. The maximum atomic E-state index is 14.6. The van der Waals surface area contributed by atoms with Crippen LogP contribution in [-0.4, -0.2) is 57.5 Å². The van der Waals surface area contributed by atoms with Gasteiger partial charge in [-0.3, -0.25) is 4.99 Å². The van der Waals surface area contributed by atoms with E-state index in [0.717, 1.165) is 6.07 Å². The lowest BCUT2D eigenvalue weighted by Gasteiger charge is -2.37. The van der Waals surface area contributed by atoms with Gasteiger partial charge < -0.3 is 20.1 Å². The summed E-state index contributed by atoms with van der Waals surface area (Å²) in [6.45, 7) is 4.44. The number of carboxylic acids is 1. The monoisotopic (exact) mass is 602 g/mol. The summed E-state index contributed by atoms with van der Waals surface area (Å²) in [5.41, 5.74) is 1.06. The number of hydrogen-bond donors (Lipinski definition) is 2. The number of allylic oxidation sites excluding steroid dienone is 1. The predicted molar refractivity (Wildman–Crippen MR) is 148 cm³/mol. The number of carbonyl (C=O) groups is 2. The van der Waals surface area contributed by atoms with Crippen molar-refractivity contribution in [3.8, 4) is 0 Å². The Morgan fingerprint density at radius 3 is 2.63 bits per heavy atom. The van der Waals surface area contributed by atoms with Crippen molar-refractivity contribution in [3.05, 3.63) is 79.8 Å². The molecule has 2 aromatic heterocycles. The Balaban J connectivity index is 1.53. The van der Waals surface area contributed by atoms with Crippen LogP contribution in [0.15, 0.2) is 46.2 Å². The molecule has 1 aromatic carbocycles. The minimum Gasteiger partial charge on any atom is -0.476 e. The van der Waals surface area contributed by atoms with E-state index in [1.54, 1.807) is 25.4 Å². The van der Waals surface area contributed by atoms with E-state index in [2.05, 4.69) is 20.3 Å². The second-order valence-corrected chi connectivity index (χ2v) is 10.7. The molecule has 1 fully saturated rings. The Labute approximate surface area is 242 Å². The number of ether oxygens (including phenoxy) is 1. The summed E-state index contributed by atoms with van der Waals surface area (Å²) in [5.74, 6) is -3.36. The van der Waals surface area contributed by atoms with E-state index < -0.39 is 34.6 Å². The number of piperidine rings is 1. The molecule has 0 amide bonds. The summed E-state index contributed by atoms with van der Waals surface area (Å²) in [5, 5.41) is 14.4. The van der Waals surface area contributed by atoms with Crippen LogP contribution < -0.4 is 10.2 Å². The molecule has 4 heterocycles. The van der Waals surface area contributed by atoms with Gasteiger partial charge >= 0.3 is 11.9 Å². The van der Waals surface area contributed by atoms with E-state index >= 15 is 0 Å². The minimum absolute atomic E-state index is 0.0969. The normalized spacial score (nSPS) is 17.7. The first kappa shape index (κ1) is 28.6. The highest BCUT2D eigenvalue weighted by Crippen LogP contribution is 2.41. The summed E-state index contributed by atoms with van der Waals surface area (Å²) in [4.78, 5) is 44.2. The van der Waals surface area contributed by atoms with Crippen LogP contribution >= 0.6 is 22.9 Å². The Kier molecular flexibility index (Phi) is 8.27. The van der Waals surface area contributed by atoms with Gasteiger partial charge in [0.2, 0.25) is 0 Å². The second-order valence-electron chi connectivity index (χ2n) is 9.38. The fraction of sp³-hybridized carbons (Fsp3) is 0.333. The summed E-state index contributed by atoms with van der Waals surface area (Å²) in [7, 11) is 0. The number of hydrogen-bond acceptors (Lipinski definition) is 10. The van der Waals surface area contributed by atoms with Crippen molar-refractivity contribution < 1.29 is 28.2 Å². The van der Waals surface area contributed by atoms with Crippen LogP contribution in [0.2, 0.25) is 5.02 Å². The van der Waals surface area contributed by atoms with Gasteiger partial charge in [0.15, 0.2) is 28.2 Å². The lowest BCUT2D eigenvalue weighted by Crippen LogP contribution is -2.42. The van der Waals surface area contributed by atoms with Crippen LogP contribution in [0, 0.1) is 24.5 Å². The lowest BCUT2D eigenvalue weighted by atomic mass is 9.85. The number of rotatable bonds is 7. The van der Waals surface area contributed by atoms with E-state index in [1.807, 2.05) is 4.90 Å². The molecule has 3 aromatic rings. The molecule has 10 nitrogen and oxygen atoms in total. The number of nitrogens with zero attached hydrogens (tertiary/aromatic N) is 5. The van der Waals surface area contributed by atoms with Crippen molar-refractivity contribution in [1.82, 2.24) is 20.3 Å². The molecule has 2 aliphatic rings. The largest absolute Gasteiger partial charge is 0.476 e. The summed E-state index contributed by atoms with van der Waals surface area (Å²) in [6, 6.07) is 1.21. The standard InChI is InChI=1S/C27H25ClF2N6O4S/c1-3-40-27(39)18-22(14-6-9-36(10-7-14)17-12-32-21(26(37)38)13(2)33-17)34-24(25-31-8-11-41-25)35-23(18)15-4-5-16(29)20(30)19(15)28/h4-5,8,11-12,14,23H,3,6-7,9-10H2,1-2H3,(H,34,35)(H,37,38). The second kappa shape index (κ2) is 11.9. The number of aliphatic imine (C=N–C) groups is 1. The van der Waals surface area contributed by atoms with Gasteiger partial charge in [-0.15, -0.1) is 11.3 Å². The number of carbonyl (C=O) groups excluding carboxylic acids is 1. The molecule has 5 rings (SSSR count). The molecule has 214 valence electrons. The van der Waals surface area contributed by atoms with E-state index in [1.165, 1.54) is 23.6 Å².